The highest BCUT2D eigenvalue weighted by atomic mass is 127. The molecule has 1 aliphatic carbocycles. The van der Waals surface area contributed by atoms with E-state index in [-0.39, 0.29) is 41.8 Å². The molecule has 0 aromatic carbocycles. The van der Waals surface area contributed by atoms with Gasteiger partial charge in [0.15, 0.2) is 5.96 Å². The SMILES string of the molecule is CCNC(=NCc1ccnc(OC2CCCC2)c1)N1CC(C)C(C(=O)OC)C1.I. The fraction of sp³-hybridized carbons (Fsp3) is 0.667. The quantitative estimate of drug-likeness (QED) is 0.271. The van der Waals surface area contributed by atoms with Gasteiger partial charge in [-0.05, 0) is 50.2 Å². The van der Waals surface area contributed by atoms with Crippen LogP contribution >= 0.6 is 24.0 Å². The Morgan fingerprint density at radius 1 is 1.34 bits per heavy atom. The van der Waals surface area contributed by atoms with Gasteiger partial charge in [-0.2, -0.15) is 0 Å². The number of pyridine rings is 1. The van der Waals surface area contributed by atoms with Crippen molar-refractivity contribution >= 4 is 35.9 Å². The number of aromatic nitrogens is 1. The summed E-state index contributed by atoms with van der Waals surface area (Å²) in [5, 5.41) is 3.34. The summed E-state index contributed by atoms with van der Waals surface area (Å²) < 4.78 is 10.9. The van der Waals surface area contributed by atoms with E-state index in [9.17, 15) is 4.79 Å². The number of methoxy groups -OCH3 is 1. The van der Waals surface area contributed by atoms with Crippen LogP contribution in [0.25, 0.3) is 0 Å². The normalized spacial score (nSPS) is 22.3. The van der Waals surface area contributed by atoms with Crippen LogP contribution in [0.4, 0.5) is 0 Å². The van der Waals surface area contributed by atoms with E-state index >= 15 is 0 Å². The number of halogens is 1. The number of carbonyl (C=O) groups is 1. The lowest BCUT2D eigenvalue weighted by Gasteiger charge is -2.21. The van der Waals surface area contributed by atoms with Gasteiger partial charge in [0.25, 0.3) is 0 Å². The van der Waals surface area contributed by atoms with E-state index in [1.54, 1.807) is 6.20 Å². The van der Waals surface area contributed by atoms with E-state index in [4.69, 9.17) is 14.5 Å². The zero-order valence-corrected chi connectivity index (χ0v) is 19.9. The summed E-state index contributed by atoms with van der Waals surface area (Å²) in [7, 11) is 1.45. The van der Waals surface area contributed by atoms with Crippen molar-refractivity contribution in [3.05, 3.63) is 23.9 Å². The number of likely N-dealkylation sites (tertiary alicyclic amines) is 1. The van der Waals surface area contributed by atoms with Gasteiger partial charge < -0.3 is 19.7 Å². The molecule has 0 radical (unpaired) electrons. The first kappa shape index (κ1) is 23.7. The van der Waals surface area contributed by atoms with E-state index in [0.717, 1.165) is 37.5 Å². The number of ether oxygens (including phenoxy) is 2. The lowest BCUT2D eigenvalue weighted by molar-refractivity contribution is -0.145. The van der Waals surface area contributed by atoms with Crippen molar-refractivity contribution in [2.24, 2.45) is 16.8 Å². The zero-order valence-electron chi connectivity index (χ0n) is 17.6. The summed E-state index contributed by atoms with van der Waals surface area (Å²) in [6.07, 6.45) is 6.78. The summed E-state index contributed by atoms with van der Waals surface area (Å²) in [4.78, 5) is 23.3. The van der Waals surface area contributed by atoms with Crippen LogP contribution in [0.1, 0.15) is 45.1 Å². The molecule has 2 aliphatic rings. The van der Waals surface area contributed by atoms with E-state index in [2.05, 4.69) is 22.1 Å². The summed E-state index contributed by atoms with van der Waals surface area (Å²) in [6.45, 7) is 6.87. The van der Waals surface area contributed by atoms with Crippen molar-refractivity contribution in [1.29, 1.82) is 0 Å². The fourth-order valence-electron chi connectivity index (χ4n) is 3.98. The third-order valence-corrected chi connectivity index (χ3v) is 5.55. The number of nitrogens with one attached hydrogen (secondary N) is 1. The van der Waals surface area contributed by atoms with Gasteiger partial charge in [0.05, 0.1) is 19.6 Å². The lowest BCUT2D eigenvalue weighted by atomic mass is 9.99. The van der Waals surface area contributed by atoms with Crippen LogP contribution in [0.15, 0.2) is 23.3 Å². The van der Waals surface area contributed by atoms with Crippen molar-refractivity contribution in [3.8, 4) is 5.88 Å². The monoisotopic (exact) mass is 516 g/mol. The van der Waals surface area contributed by atoms with Gasteiger partial charge in [-0.25, -0.2) is 9.98 Å². The van der Waals surface area contributed by atoms with Crippen molar-refractivity contribution < 1.29 is 14.3 Å². The molecule has 0 bridgehead atoms. The van der Waals surface area contributed by atoms with Gasteiger partial charge >= 0.3 is 5.97 Å². The summed E-state index contributed by atoms with van der Waals surface area (Å²) >= 11 is 0. The second kappa shape index (κ2) is 11.6. The number of hydrogen-bond donors (Lipinski definition) is 1. The van der Waals surface area contributed by atoms with Crippen LogP contribution in [-0.2, 0) is 16.1 Å². The fourth-order valence-corrected chi connectivity index (χ4v) is 3.98. The molecule has 0 amide bonds. The van der Waals surface area contributed by atoms with Crippen LogP contribution in [0, 0.1) is 11.8 Å². The Hall–Kier alpha value is -1.58. The van der Waals surface area contributed by atoms with E-state index < -0.39 is 0 Å². The Kier molecular flexibility index (Phi) is 9.45. The highest BCUT2D eigenvalue weighted by Gasteiger charge is 2.36. The molecule has 2 fully saturated rings. The third-order valence-electron chi connectivity index (χ3n) is 5.55. The van der Waals surface area contributed by atoms with Gasteiger partial charge in [-0.3, -0.25) is 4.79 Å². The van der Waals surface area contributed by atoms with Crippen LogP contribution < -0.4 is 10.1 Å². The van der Waals surface area contributed by atoms with Gasteiger partial charge in [0.2, 0.25) is 5.88 Å². The molecule has 3 rings (SSSR count). The van der Waals surface area contributed by atoms with Crippen LogP contribution in [0.5, 0.6) is 5.88 Å². The standard InChI is InChI=1S/C21H32N4O3.HI/c1-4-22-21(25-13-15(2)18(14-25)20(26)27-3)24-12-16-9-10-23-19(11-16)28-17-7-5-6-8-17;/h9-11,15,17-18H,4-8,12-14H2,1-3H3,(H,22,24);1H. The molecule has 1 N–H and O–H groups in total. The maximum Gasteiger partial charge on any atom is 0.310 e. The molecule has 7 nitrogen and oxygen atoms in total. The molecule has 2 unspecified atom stereocenters. The minimum atomic E-state index is -0.145. The molecule has 29 heavy (non-hydrogen) atoms. The molecular formula is C21H33IN4O3. The van der Waals surface area contributed by atoms with Crippen LogP contribution in [0.3, 0.4) is 0 Å². The number of carbonyl (C=O) groups excluding carboxylic acids is 1. The minimum Gasteiger partial charge on any atom is -0.474 e. The van der Waals surface area contributed by atoms with Gasteiger partial charge in [-0.15, -0.1) is 24.0 Å². The van der Waals surface area contributed by atoms with Gasteiger partial charge in [-0.1, -0.05) is 6.92 Å². The predicted octanol–water partition coefficient (Wildman–Crippen LogP) is 3.23. The topological polar surface area (TPSA) is 76.1 Å². The Labute approximate surface area is 190 Å². The summed E-state index contributed by atoms with van der Waals surface area (Å²) in [5.74, 6) is 1.50. The van der Waals surface area contributed by atoms with Gasteiger partial charge in [0.1, 0.15) is 6.10 Å². The number of guanidine groups is 1. The molecule has 0 spiro atoms. The van der Waals surface area contributed by atoms with Crippen molar-refractivity contribution in [2.45, 2.75) is 52.2 Å². The first-order chi connectivity index (χ1) is 13.6. The highest BCUT2D eigenvalue weighted by molar-refractivity contribution is 14.0. The Bertz CT molecular complexity index is 694. The van der Waals surface area contributed by atoms with Crippen molar-refractivity contribution in [2.75, 3.05) is 26.7 Å². The number of rotatable bonds is 6. The summed E-state index contributed by atoms with van der Waals surface area (Å²) in [6, 6.07) is 3.95. The smallest absolute Gasteiger partial charge is 0.310 e. The molecule has 162 valence electrons. The second-order valence-corrected chi connectivity index (χ2v) is 7.71. The number of hydrogen-bond acceptors (Lipinski definition) is 5. The number of esters is 1. The Balaban J connectivity index is 0.00000300. The molecule has 2 heterocycles. The molecule has 1 aromatic heterocycles. The molecule has 1 saturated carbocycles. The van der Waals surface area contributed by atoms with Crippen LogP contribution in [-0.4, -0.2) is 54.7 Å². The van der Waals surface area contributed by atoms with Crippen molar-refractivity contribution in [1.82, 2.24) is 15.2 Å². The van der Waals surface area contributed by atoms with E-state index in [1.165, 1.54) is 20.0 Å². The van der Waals surface area contributed by atoms with Gasteiger partial charge in [0, 0.05) is 31.9 Å². The maximum atomic E-state index is 12.0. The zero-order chi connectivity index (χ0) is 19.9. The number of nitrogens with zero attached hydrogens (tertiary/aromatic N) is 3. The third kappa shape index (κ3) is 6.45. The highest BCUT2D eigenvalue weighted by Crippen LogP contribution is 2.25. The molecule has 1 aliphatic heterocycles. The average molecular weight is 516 g/mol. The van der Waals surface area contributed by atoms with Crippen LogP contribution in [0.2, 0.25) is 0 Å². The second-order valence-electron chi connectivity index (χ2n) is 7.71. The minimum absolute atomic E-state index is 0. The first-order valence-corrected chi connectivity index (χ1v) is 10.3. The predicted molar refractivity (Wildman–Crippen MR) is 124 cm³/mol. The molecule has 1 aromatic rings. The molecular weight excluding hydrogens is 483 g/mol. The molecule has 2 atom stereocenters. The summed E-state index contributed by atoms with van der Waals surface area (Å²) in [5.41, 5.74) is 1.06. The Morgan fingerprint density at radius 3 is 2.79 bits per heavy atom. The average Bonchev–Trinajstić information content (AvgIpc) is 3.34. The first-order valence-electron chi connectivity index (χ1n) is 10.3. The number of aliphatic imine (C=N–C) groups is 1. The van der Waals surface area contributed by atoms with E-state index in [0.29, 0.717) is 25.1 Å². The molecule has 8 heteroatoms. The Morgan fingerprint density at radius 2 is 2.10 bits per heavy atom. The maximum absolute atomic E-state index is 12.0. The van der Waals surface area contributed by atoms with Crippen molar-refractivity contribution in [3.63, 3.8) is 0 Å². The lowest BCUT2D eigenvalue weighted by Crippen LogP contribution is -2.40. The van der Waals surface area contributed by atoms with E-state index in [1.807, 2.05) is 19.1 Å². The molecule has 1 saturated heterocycles. The largest absolute Gasteiger partial charge is 0.474 e.